The zero-order valence-corrected chi connectivity index (χ0v) is 16.2. The summed E-state index contributed by atoms with van der Waals surface area (Å²) in [5.41, 5.74) is 6.04. The van der Waals surface area contributed by atoms with Crippen molar-refractivity contribution in [2.75, 3.05) is 27.2 Å². The first-order valence-electron chi connectivity index (χ1n) is 8.65. The highest BCUT2D eigenvalue weighted by Gasteiger charge is 2.14. The number of hydrogen-bond acceptors (Lipinski definition) is 7. The Morgan fingerprint density at radius 2 is 2.00 bits per heavy atom. The third-order valence-corrected chi connectivity index (χ3v) is 4.23. The Kier molecular flexibility index (Phi) is 8.10. The highest BCUT2D eigenvalue weighted by molar-refractivity contribution is 7.80. The van der Waals surface area contributed by atoms with Gasteiger partial charge in [0.05, 0.1) is 12.8 Å². The lowest BCUT2D eigenvalue weighted by Crippen LogP contribution is -2.30. The third-order valence-electron chi connectivity index (χ3n) is 3.94. The molecule has 0 amide bonds. The second-order valence-corrected chi connectivity index (χ2v) is 6.30. The van der Waals surface area contributed by atoms with Crippen molar-refractivity contribution in [3.05, 3.63) is 36.1 Å². The predicted molar refractivity (Wildman–Crippen MR) is 109 cm³/mol. The summed E-state index contributed by atoms with van der Waals surface area (Å²) in [5, 5.41) is 14.4. The van der Waals surface area contributed by atoms with Gasteiger partial charge in [-0.1, -0.05) is 13.0 Å². The van der Waals surface area contributed by atoms with E-state index in [2.05, 4.69) is 43.2 Å². The summed E-state index contributed by atoms with van der Waals surface area (Å²) < 4.78 is 5.97. The van der Waals surface area contributed by atoms with Gasteiger partial charge in [-0.2, -0.15) is 10.2 Å². The van der Waals surface area contributed by atoms with E-state index in [1.165, 1.54) is 19.3 Å². The molecule has 1 fully saturated rings. The molecule has 0 aromatic carbocycles. The van der Waals surface area contributed by atoms with Crippen LogP contribution in [0.4, 0.5) is 0 Å². The maximum absolute atomic E-state index is 5.97. The van der Waals surface area contributed by atoms with Gasteiger partial charge in [0.2, 0.25) is 0 Å². The predicted octanol–water partition coefficient (Wildman–Crippen LogP) is 1.33. The summed E-state index contributed by atoms with van der Waals surface area (Å²) in [7, 11) is 3.48. The van der Waals surface area contributed by atoms with Crippen LogP contribution >= 0.6 is 12.2 Å². The van der Waals surface area contributed by atoms with Gasteiger partial charge in [0.25, 0.3) is 0 Å². The second-order valence-electron chi connectivity index (χ2n) is 5.89. The number of hydrogen-bond donors (Lipinski definition) is 4. The van der Waals surface area contributed by atoms with Gasteiger partial charge in [-0.3, -0.25) is 15.8 Å². The molecule has 0 unspecified atom stereocenters. The van der Waals surface area contributed by atoms with Gasteiger partial charge in [-0.25, -0.2) is 0 Å². The normalized spacial score (nSPS) is 15.7. The van der Waals surface area contributed by atoms with E-state index in [1.54, 1.807) is 20.3 Å². The van der Waals surface area contributed by atoms with Gasteiger partial charge < -0.3 is 15.1 Å². The number of nitrogens with zero attached hydrogens (tertiary/aromatic N) is 3. The summed E-state index contributed by atoms with van der Waals surface area (Å²) in [5.74, 6) is 2.10. The first-order chi connectivity index (χ1) is 12.6. The highest BCUT2D eigenvalue weighted by atomic mass is 32.1. The minimum absolute atomic E-state index is 0.406. The van der Waals surface area contributed by atoms with Crippen LogP contribution in [-0.2, 0) is 6.54 Å². The van der Waals surface area contributed by atoms with Crippen molar-refractivity contribution < 1.29 is 4.42 Å². The Morgan fingerprint density at radius 1 is 1.23 bits per heavy atom. The Labute approximate surface area is 159 Å². The maximum atomic E-state index is 5.97. The largest absolute Gasteiger partial charge is 0.458 e. The number of likely N-dealkylation sites (tertiary alicyclic amines) is 1. The van der Waals surface area contributed by atoms with Crippen LogP contribution in [0, 0.1) is 0 Å². The number of thiocarbonyl (C=S) groups is 1. The molecule has 2 heterocycles. The van der Waals surface area contributed by atoms with E-state index in [0.29, 0.717) is 22.4 Å². The first-order valence-corrected chi connectivity index (χ1v) is 9.05. The van der Waals surface area contributed by atoms with Gasteiger partial charge in [0.15, 0.2) is 10.9 Å². The van der Waals surface area contributed by atoms with Crippen LogP contribution in [-0.4, -0.2) is 49.1 Å². The smallest absolute Gasteiger partial charge is 0.186 e. The van der Waals surface area contributed by atoms with E-state index >= 15 is 0 Å². The van der Waals surface area contributed by atoms with E-state index in [4.69, 9.17) is 16.6 Å². The zero-order valence-electron chi connectivity index (χ0n) is 15.3. The molecule has 1 aliphatic heterocycles. The Hall–Kier alpha value is -2.39. The van der Waals surface area contributed by atoms with Crippen molar-refractivity contribution in [2.24, 2.45) is 10.2 Å². The van der Waals surface area contributed by atoms with Crippen LogP contribution in [0.25, 0.3) is 0 Å². The van der Waals surface area contributed by atoms with E-state index < -0.39 is 0 Å². The van der Waals surface area contributed by atoms with E-state index in [1.807, 2.05) is 12.1 Å². The van der Waals surface area contributed by atoms with Crippen molar-refractivity contribution in [1.82, 2.24) is 26.4 Å². The van der Waals surface area contributed by atoms with Crippen LogP contribution < -0.4 is 21.5 Å². The average Bonchev–Trinajstić information content (AvgIpc) is 3.12. The van der Waals surface area contributed by atoms with Crippen LogP contribution in [0.2, 0.25) is 0 Å². The molecule has 2 rings (SSSR count). The molecule has 4 N–H and O–H groups in total. The molecule has 142 valence electrons. The first kappa shape index (κ1) is 19.9. The number of furan rings is 1. The molecule has 1 aromatic rings. The quantitative estimate of drug-likeness (QED) is 0.309. The van der Waals surface area contributed by atoms with Crippen LogP contribution in [0.3, 0.4) is 0 Å². The minimum atomic E-state index is 0.406. The van der Waals surface area contributed by atoms with E-state index in [0.717, 1.165) is 25.4 Å². The molecule has 0 atom stereocenters. The number of nitrogens with one attached hydrogen (secondary N) is 4. The van der Waals surface area contributed by atoms with Crippen molar-refractivity contribution in [1.29, 1.82) is 0 Å². The van der Waals surface area contributed by atoms with E-state index in [9.17, 15) is 0 Å². The van der Waals surface area contributed by atoms with Gasteiger partial charge in [0, 0.05) is 14.1 Å². The Balaban J connectivity index is 2.08. The molecule has 1 saturated heterocycles. The monoisotopic (exact) mass is 377 g/mol. The molecule has 0 aliphatic carbocycles. The molecular weight excluding hydrogens is 350 g/mol. The summed E-state index contributed by atoms with van der Waals surface area (Å²) in [6.45, 7) is 6.79. The topological polar surface area (TPSA) is 89.2 Å². The SMILES string of the molecule is C=C(NC)N/N=C/C(=N\NC(=S)NC)c1ccc(CN2CCCCC2)o1. The molecule has 9 heteroatoms. The fourth-order valence-electron chi connectivity index (χ4n) is 2.48. The summed E-state index contributed by atoms with van der Waals surface area (Å²) >= 11 is 5.06. The molecule has 0 saturated carbocycles. The fraction of sp³-hybridized carbons (Fsp3) is 0.471. The standard InChI is InChI=1S/C17H27N7OS/c1-13(18-2)21-20-11-15(22-23-17(26)19-3)16-8-7-14(25-16)12-24-9-5-4-6-10-24/h7-8,11,18,21H,1,4-6,9-10,12H2,2-3H3,(H2,19,23,26)/b20-11+,22-15+. The molecule has 8 nitrogen and oxygen atoms in total. The molecule has 0 spiro atoms. The summed E-state index contributed by atoms with van der Waals surface area (Å²) in [4.78, 5) is 2.41. The van der Waals surface area contributed by atoms with Crippen molar-refractivity contribution in [3.63, 3.8) is 0 Å². The molecule has 0 bridgehead atoms. The third kappa shape index (κ3) is 6.49. The number of piperidine rings is 1. The fourth-order valence-corrected chi connectivity index (χ4v) is 2.53. The molecule has 26 heavy (non-hydrogen) atoms. The van der Waals surface area contributed by atoms with Gasteiger partial charge in [0.1, 0.15) is 17.3 Å². The van der Waals surface area contributed by atoms with Gasteiger partial charge in [-0.05, 0) is 50.3 Å². The molecule has 1 aliphatic rings. The molecule has 0 radical (unpaired) electrons. The lowest BCUT2D eigenvalue weighted by Gasteiger charge is -2.25. The van der Waals surface area contributed by atoms with E-state index in [-0.39, 0.29) is 0 Å². The number of hydrazone groups is 2. The van der Waals surface area contributed by atoms with Crippen molar-refractivity contribution in [3.8, 4) is 0 Å². The Morgan fingerprint density at radius 3 is 2.69 bits per heavy atom. The zero-order chi connectivity index (χ0) is 18.8. The van der Waals surface area contributed by atoms with Gasteiger partial charge >= 0.3 is 0 Å². The van der Waals surface area contributed by atoms with Gasteiger partial charge in [-0.15, -0.1) is 0 Å². The maximum Gasteiger partial charge on any atom is 0.186 e. The van der Waals surface area contributed by atoms with Crippen LogP contribution in [0.5, 0.6) is 0 Å². The van der Waals surface area contributed by atoms with Crippen molar-refractivity contribution >= 4 is 29.3 Å². The molecular formula is C17H27N7OS. The summed E-state index contributed by atoms with van der Waals surface area (Å²) in [6.07, 6.45) is 5.37. The second kappa shape index (κ2) is 10.6. The van der Waals surface area contributed by atoms with Crippen molar-refractivity contribution in [2.45, 2.75) is 25.8 Å². The van der Waals surface area contributed by atoms with Crippen LogP contribution in [0.15, 0.2) is 39.2 Å². The summed E-state index contributed by atoms with van der Waals surface area (Å²) in [6, 6.07) is 3.87. The Bertz CT molecular complexity index is 662. The highest BCUT2D eigenvalue weighted by Crippen LogP contribution is 2.15. The average molecular weight is 378 g/mol. The lowest BCUT2D eigenvalue weighted by atomic mass is 10.1. The number of rotatable bonds is 8. The lowest BCUT2D eigenvalue weighted by molar-refractivity contribution is 0.205. The molecule has 1 aromatic heterocycles. The van der Waals surface area contributed by atoms with Crippen LogP contribution in [0.1, 0.15) is 30.8 Å². The minimum Gasteiger partial charge on any atom is -0.458 e.